The van der Waals surface area contributed by atoms with Crippen molar-refractivity contribution < 1.29 is 9.47 Å². The van der Waals surface area contributed by atoms with E-state index < -0.39 is 5.60 Å². The van der Waals surface area contributed by atoms with E-state index in [4.69, 9.17) is 15.2 Å². The van der Waals surface area contributed by atoms with Gasteiger partial charge in [0.05, 0.1) is 0 Å². The molecule has 1 aromatic rings. The van der Waals surface area contributed by atoms with Crippen LogP contribution in [0.5, 0.6) is 0 Å². The minimum absolute atomic E-state index is 0.0493. The van der Waals surface area contributed by atoms with Crippen molar-refractivity contribution in [3.05, 3.63) is 23.3 Å². The number of hydrogen-bond donors (Lipinski definition) is 1. The van der Waals surface area contributed by atoms with E-state index in [0.717, 1.165) is 29.9 Å². The summed E-state index contributed by atoms with van der Waals surface area (Å²) in [7, 11) is 0. The molecule has 5 nitrogen and oxygen atoms in total. The van der Waals surface area contributed by atoms with E-state index in [1.165, 1.54) is 0 Å². The first-order valence-electron chi connectivity index (χ1n) is 6.90. The number of rotatable bonds is 4. The maximum absolute atomic E-state index is 5.98. The van der Waals surface area contributed by atoms with Gasteiger partial charge in [0.15, 0.2) is 5.82 Å². The molecule has 106 valence electrons. The predicted octanol–water partition coefficient (Wildman–Crippen LogP) is 1.85. The maximum atomic E-state index is 5.98. The average Bonchev–Trinajstić information content (AvgIpc) is 2.39. The zero-order chi connectivity index (χ0) is 13.9. The largest absolute Gasteiger partial charge is 0.381 e. The molecular weight excluding hydrogens is 242 g/mol. The smallest absolute Gasteiger partial charge is 0.160 e. The molecule has 1 aliphatic heterocycles. The fourth-order valence-electron chi connectivity index (χ4n) is 2.55. The van der Waals surface area contributed by atoms with Crippen molar-refractivity contribution in [2.45, 2.75) is 45.3 Å². The van der Waals surface area contributed by atoms with Crippen LogP contribution < -0.4 is 5.73 Å². The Morgan fingerprint density at radius 2 is 2.16 bits per heavy atom. The van der Waals surface area contributed by atoms with E-state index in [2.05, 4.69) is 9.97 Å². The number of nitrogens with zero attached hydrogens (tertiary/aromatic N) is 2. The topological polar surface area (TPSA) is 70.3 Å². The summed E-state index contributed by atoms with van der Waals surface area (Å²) in [5, 5.41) is 0. The Morgan fingerprint density at radius 3 is 2.68 bits per heavy atom. The van der Waals surface area contributed by atoms with Crippen molar-refractivity contribution >= 4 is 0 Å². The Kier molecular flexibility index (Phi) is 4.50. The van der Waals surface area contributed by atoms with E-state index in [1.807, 2.05) is 27.0 Å². The summed E-state index contributed by atoms with van der Waals surface area (Å²) in [6, 6.07) is -0.0493. The molecule has 0 aromatic carbocycles. The van der Waals surface area contributed by atoms with Gasteiger partial charge < -0.3 is 15.2 Å². The lowest BCUT2D eigenvalue weighted by atomic mass is 9.92. The van der Waals surface area contributed by atoms with Crippen LogP contribution in [0.2, 0.25) is 0 Å². The van der Waals surface area contributed by atoms with Crippen molar-refractivity contribution in [1.82, 2.24) is 9.97 Å². The molecule has 1 fully saturated rings. The first kappa shape index (κ1) is 14.4. The zero-order valence-corrected chi connectivity index (χ0v) is 12.0. The van der Waals surface area contributed by atoms with Crippen molar-refractivity contribution in [1.29, 1.82) is 0 Å². The summed E-state index contributed by atoms with van der Waals surface area (Å²) in [5.41, 5.74) is 7.43. The second kappa shape index (κ2) is 5.94. The highest BCUT2D eigenvalue weighted by atomic mass is 16.5. The van der Waals surface area contributed by atoms with Crippen LogP contribution in [-0.2, 0) is 15.1 Å². The van der Waals surface area contributed by atoms with Gasteiger partial charge in [-0.15, -0.1) is 0 Å². The highest BCUT2D eigenvalue weighted by molar-refractivity contribution is 5.21. The van der Waals surface area contributed by atoms with Gasteiger partial charge >= 0.3 is 0 Å². The molecule has 19 heavy (non-hydrogen) atoms. The Bertz CT molecular complexity index is 423. The van der Waals surface area contributed by atoms with E-state index in [-0.39, 0.29) is 6.04 Å². The fraction of sp³-hybridized carbons (Fsp3) is 0.714. The standard InChI is InChI=1S/C14H23N3O2/c1-4-19-14(5-7-18-8-6-14)13-16-9-12(10(2)15)11(3)17-13/h9-10H,4-8,15H2,1-3H3. The molecule has 0 saturated carbocycles. The summed E-state index contributed by atoms with van der Waals surface area (Å²) >= 11 is 0. The second-order valence-corrected chi connectivity index (χ2v) is 5.06. The van der Waals surface area contributed by atoms with Gasteiger partial charge in [-0.3, -0.25) is 0 Å². The van der Waals surface area contributed by atoms with E-state index in [9.17, 15) is 0 Å². The Labute approximate surface area is 114 Å². The molecule has 2 N–H and O–H groups in total. The van der Waals surface area contributed by atoms with Crippen LogP contribution in [0.1, 0.15) is 49.8 Å². The first-order valence-corrected chi connectivity index (χ1v) is 6.90. The SMILES string of the molecule is CCOC1(c2ncc(C(C)N)c(C)n2)CCOCC1. The average molecular weight is 265 g/mol. The third-order valence-corrected chi connectivity index (χ3v) is 3.64. The molecule has 0 aliphatic carbocycles. The number of aromatic nitrogens is 2. The van der Waals surface area contributed by atoms with Crippen LogP contribution in [0.3, 0.4) is 0 Å². The molecule has 0 spiro atoms. The van der Waals surface area contributed by atoms with Crippen molar-refractivity contribution in [2.24, 2.45) is 5.73 Å². The summed E-state index contributed by atoms with van der Waals surface area (Å²) < 4.78 is 11.4. The minimum Gasteiger partial charge on any atom is -0.381 e. The molecule has 2 heterocycles. The second-order valence-electron chi connectivity index (χ2n) is 5.06. The van der Waals surface area contributed by atoms with Crippen molar-refractivity contribution in [3.8, 4) is 0 Å². The molecule has 0 radical (unpaired) electrons. The zero-order valence-electron chi connectivity index (χ0n) is 12.0. The monoisotopic (exact) mass is 265 g/mol. The number of ether oxygens (including phenoxy) is 2. The minimum atomic E-state index is -0.395. The fourth-order valence-corrected chi connectivity index (χ4v) is 2.55. The molecule has 1 atom stereocenters. The molecule has 0 amide bonds. The van der Waals surface area contributed by atoms with E-state index in [1.54, 1.807) is 0 Å². The molecule has 1 aromatic heterocycles. The number of nitrogens with two attached hydrogens (primary N) is 1. The Morgan fingerprint density at radius 1 is 1.47 bits per heavy atom. The van der Waals surface area contributed by atoms with Gasteiger partial charge in [0.25, 0.3) is 0 Å². The van der Waals surface area contributed by atoms with Crippen LogP contribution in [0.4, 0.5) is 0 Å². The molecule has 2 rings (SSSR count). The summed E-state index contributed by atoms with van der Waals surface area (Å²) in [6.45, 7) is 7.95. The van der Waals surface area contributed by atoms with Gasteiger partial charge in [0.2, 0.25) is 0 Å². The predicted molar refractivity (Wildman–Crippen MR) is 72.7 cm³/mol. The van der Waals surface area contributed by atoms with Gasteiger partial charge in [-0.25, -0.2) is 9.97 Å². The molecule has 1 aliphatic rings. The molecule has 1 unspecified atom stereocenters. The van der Waals surface area contributed by atoms with E-state index in [0.29, 0.717) is 19.8 Å². The van der Waals surface area contributed by atoms with Gasteiger partial charge in [0, 0.05) is 56.2 Å². The Hall–Kier alpha value is -1.04. The third kappa shape index (κ3) is 2.94. The normalized spacial score (nSPS) is 20.2. The molecule has 0 bridgehead atoms. The lowest BCUT2D eigenvalue weighted by molar-refractivity contribution is -0.118. The summed E-state index contributed by atoms with van der Waals surface area (Å²) in [4.78, 5) is 9.14. The van der Waals surface area contributed by atoms with Gasteiger partial charge in [0.1, 0.15) is 5.60 Å². The van der Waals surface area contributed by atoms with Crippen LogP contribution in [0.15, 0.2) is 6.20 Å². The Balaban J connectivity index is 2.34. The maximum Gasteiger partial charge on any atom is 0.160 e. The number of aryl methyl sites for hydroxylation is 1. The van der Waals surface area contributed by atoms with Gasteiger partial charge in [-0.05, 0) is 20.8 Å². The van der Waals surface area contributed by atoms with Crippen LogP contribution >= 0.6 is 0 Å². The molecule has 1 saturated heterocycles. The lowest BCUT2D eigenvalue weighted by Gasteiger charge is -2.35. The number of hydrogen-bond acceptors (Lipinski definition) is 5. The van der Waals surface area contributed by atoms with Crippen molar-refractivity contribution in [3.63, 3.8) is 0 Å². The van der Waals surface area contributed by atoms with Gasteiger partial charge in [-0.1, -0.05) is 0 Å². The summed E-state index contributed by atoms with van der Waals surface area (Å²) in [5.74, 6) is 0.763. The van der Waals surface area contributed by atoms with Crippen molar-refractivity contribution in [2.75, 3.05) is 19.8 Å². The first-order chi connectivity index (χ1) is 9.09. The molecular formula is C14H23N3O2. The summed E-state index contributed by atoms with van der Waals surface area (Å²) in [6.07, 6.45) is 3.44. The quantitative estimate of drug-likeness (QED) is 0.899. The lowest BCUT2D eigenvalue weighted by Crippen LogP contribution is -2.38. The van der Waals surface area contributed by atoms with Crippen LogP contribution in [-0.4, -0.2) is 29.8 Å². The van der Waals surface area contributed by atoms with Crippen LogP contribution in [0.25, 0.3) is 0 Å². The highest BCUT2D eigenvalue weighted by Crippen LogP contribution is 2.34. The molecule has 5 heteroatoms. The third-order valence-electron chi connectivity index (χ3n) is 3.64. The van der Waals surface area contributed by atoms with E-state index >= 15 is 0 Å². The highest BCUT2D eigenvalue weighted by Gasteiger charge is 2.38. The van der Waals surface area contributed by atoms with Gasteiger partial charge in [-0.2, -0.15) is 0 Å². The van der Waals surface area contributed by atoms with Crippen LogP contribution in [0, 0.1) is 6.92 Å².